The zero-order chi connectivity index (χ0) is 35.3. The van der Waals surface area contributed by atoms with E-state index in [1.807, 2.05) is 12.4 Å². The first-order chi connectivity index (χ1) is 26.0. The normalized spacial score (nSPS) is 15.7. The van der Waals surface area contributed by atoms with Crippen molar-refractivity contribution >= 4 is 38.8 Å². The van der Waals surface area contributed by atoms with E-state index in [-0.39, 0.29) is 5.41 Å². The van der Waals surface area contributed by atoms with Crippen molar-refractivity contribution in [1.29, 1.82) is 0 Å². The third-order valence-corrected chi connectivity index (χ3v) is 12.2. The zero-order valence-electron chi connectivity index (χ0n) is 30.1. The van der Waals surface area contributed by atoms with E-state index in [2.05, 4.69) is 168 Å². The average molecular weight is 682 g/mol. The number of rotatable bonds is 4. The Balaban J connectivity index is 1.06. The second-order valence-electron chi connectivity index (χ2n) is 15.5. The van der Waals surface area contributed by atoms with Crippen LogP contribution < -0.4 is 0 Å². The Hall–Kier alpha value is -6.19. The largest absolute Gasteiger partial charge is 0.310 e. The Morgan fingerprint density at radius 1 is 0.604 bits per heavy atom. The number of nitrogens with zero attached hydrogens (tertiary/aromatic N) is 3. The highest BCUT2D eigenvalue weighted by Crippen LogP contribution is 2.48. The lowest BCUT2D eigenvalue weighted by atomic mass is 9.75. The first-order valence-electron chi connectivity index (χ1n) is 19.0. The molecule has 0 saturated carbocycles. The van der Waals surface area contributed by atoms with Crippen LogP contribution in [0.25, 0.3) is 72.4 Å². The van der Waals surface area contributed by atoms with Crippen LogP contribution in [-0.2, 0) is 11.8 Å². The summed E-state index contributed by atoms with van der Waals surface area (Å²) in [7, 11) is 0. The smallest absolute Gasteiger partial charge is 0.0582 e. The van der Waals surface area contributed by atoms with Crippen molar-refractivity contribution in [2.45, 2.75) is 44.9 Å². The molecule has 0 amide bonds. The number of benzene rings is 5. The van der Waals surface area contributed by atoms with E-state index >= 15 is 0 Å². The molecule has 254 valence electrons. The Labute approximate surface area is 309 Å². The van der Waals surface area contributed by atoms with E-state index < -0.39 is 0 Å². The number of aromatic nitrogens is 3. The Bertz CT molecular complexity index is 2890. The van der Waals surface area contributed by atoms with E-state index in [4.69, 9.17) is 0 Å². The summed E-state index contributed by atoms with van der Waals surface area (Å²) in [5.41, 5.74) is 19.4. The van der Waals surface area contributed by atoms with Crippen LogP contribution in [0.15, 0.2) is 157 Å². The minimum Gasteiger partial charge on any atom is -0.310 e. The maximum absolute atomic E-state index is 4.53. The first-order valence-corrected chi connectivity index (χ1v) is 19.0. The summed E-state index contributed by atoms with van der Waals surface area (Å²) in [4.78, 5) is 4.53. The molecule has 8 aromatic rings. The lowest BCUT2D eigenvalue weighted by molar-refractivity contribution is 0.626. The van der Waals surface area contributed by atoms with Crippen LogP contribution in [0.2, 0.25) is 0 Å². The minimum atomic E-state index is -0.129. The summed E-state index contributed by atoms with van der Waals surface area (Å²) >= 11 is 0. The predicted octanol–water partition coefficient (Wildman–Crippen LogP) is 12.7. The molecule has 3 aromatic heterocycles. The summed E-state index contributed by atoms with van der Waals surface area (Å²) in [5, 5.41) is 3.94. The number of hydrogen-bond donors (Lipinski definition) is 0. The standard InChI is InChI=1S/C50H39N3/c1-50(2)43-15-9-14-41-42-28-35(20-25-45(42)53(49(41)43)46-26-27-51-31-44(46)50)34-16-21-38(22-17-34)52-47-29-36(32-10-5-3-6-11-32)18-23-39(47)40-24-19-37(30-48(40)52)33-12-7-4-8-13-33/h3-7,9-12,14-18,20-23,25-31H,8,13,19,24H2,1-2H3. The number of fused-ring (bicyclic) bond motifs is 8. The van der Waals surface area contributed by atoms with Crippen LogP contribution in [0, 0.1) is 0 Å². The molecule has 4 heterocycles. The Kier molecular flexibility index (Phi) is 6.55. The SMILES string of the molecule is CC1(C)c2cnccc2-n2c3ccc(-c4ccc(-n5c6c(c7ccc(-c8ccccc8)cc75)CCC(C5=CC=CCC5)=C6)cc4)cc3c3cccc1c32. The van der Waals surface area contributed by atoms with E-state index in [0.29, 0.717) is 0 Å². The second-order valence-corrected chi connectivity index (χ2v) is 15.5. The van der Waals surface area contributed by atoms with Gasteiger partial charge in [-0.15, -0.1) is 0 Å². The van der Waals surface area contributed by atoms with Gasteiger partial charge in [0.05, 0.1) is 27.9 Å². The van der Waals surface area contributed by atoms with Crippen LogP contribution in [0.1, 0.15) is 55.5 Å². The highest BCUT2D eigenvalue weighted by atomic mass is 15.0. The molecule has 3 nitrogen and oxygen atoms in total. The van der Waals surface area contributed by atoms with Gasteiger partial charge in [-0.1, -0.05) is 111 Å². The molecule has 0 atom stereocenters. The lowest BCUT2D eigenvalue weighted by Gasteiger charge is -2.34. The van der Waals surface area contributed by atoms with Gasteiger partial charge in [-0.05, 0) is 113 Å². The third kappa shape index (κ3) is 4.50. The molecule has 5 aromatic carbocycles. The van der Waals surface area contributed by atoms with Gasteiger partial charge in [0, 0.05) is 45.2 Å². The van der Waals surface area contributed by atoms with Crippen molar-refractivity contribution in [2.24, 2.45) is 0 Å². The van der Waals surface area contributed by atoms with Gasteiger partial charge in [0.2, 0.25) is 0 Å². The molecular weight excluding hydrogens is 643 g/mol. The van der Waals surface area contributed by atoms with Crippen LogP contribution >= 0.6 is 0 Å². The van der Waals surface area contributed by atoms with Crippen LogP contribution in [0.4, 0.5) is 0 Å². The maximum Gasteiger partial charge on any atom is 0.0582 e. The van der Waals surface area contributed by atoms with Gasteiger partial charge in [0.1, 0.15) is 0 Å². The summed E-state index contributed by atoms with van der Waals surface area (Å²) in [6.45, 7) is 4.65. The zero-order valence-corrected chi connectivity index (χ0v) is 30.1. The van der Waals surface area contributed by atoms with Gasteiger partial charge in [-0.3, -0.25) is 4.98 Å². The predicted molar refractivity (Wildman–Crippen MR) is 221 cm³/mol. The fourth-order valence-corrected chi connectivity index (χ4v) is 9.51. The lowest BCUT2D eigenvalue weighted by Crippen LogP contribution is -2.26. The van der Waals surface area contributed by atoms with Gasteiger partial charge < -0.3 is 9.13 Å². The van der Waals surface area contributed by atoms with Crippen LogP contribution in [-0.4, -0.2) is 14.1 Å². The van der Waals surface area contributed by atoms with Crippen molar-refractivity contribution < 1.29 is 0 Å². The van der Waals surface area contributed by atoms with Crippen molar-refractivity contribution in [2.75, 3.05) is 0 Å². The van der Waals surface area contributed by atoms with Gasteiger partial charge in [0.15, 0.2) is 0 Å². The Morgan fingerprint density at radius 3 is 2.26 bits per heavy atom. The summed E-state index contributed by atoms with van der Waals surface area (Å²) in [5.74, 6) is 0. The fraction of sp³-hybridized carbons (Fsp3) is 0.140. The van der Waals surface area contributed by atoms with Gasteiger partial charge >= 0.3 is 0 Å². The molecule has 2 aliphatic carbocycles. The van der Waals surface area contributed by atoms with E-state index in [9.17, 15) is 0 Å². The van der Waals surface area contributed by atoms with E-state index in [0.717, 1.165) is 25.7 Å². The molecule has 0 N–H and O–H groups in total. The Morgan fingerprint density at radius 2 is 1.42 bits per heavy atom. The molecule has 0 bridgehead atoms. The maximum atomic E-state index is 4.53. The second kappa shape index (κ2) is 11.4. The van der Waals surface area contributed by atoms with Gasteiger partial charge in [-0.2, -0.15) is 0 Å². The molecule has 0 spiro atoms. The number of para-hydroxylation sites is 1. The molecular formula is C50H39N3. The van der Waals surface area contributed by atoms with Gasteiger partial charge in [-0.25, -0.2) is 0 Å². The topological polar surface area (TPSA) is 22.8 Å². The van der Waals surface area contributed by atoms with Crippen LogP contribution in [0.3, 0.4) is 0 Å². The molecule has 1 aliphatic heterocycles. The molecule has 53 heavy (non-hydrogen) atoms. The average Bonchev–Trinajstić information content (AvgIpc) is 3.73. The first kappa shape index (κ1) is 30.4. The highest BCUT2D eigenvalue weighted by molar-refractivity contribution is 6.12. The molecule has 0 radical (unpaired) electrons. The summed E-state index contributed by atoms with van der Waals surface area (Å²) in [6, 6.07) is 43.0. The van der Waals surface area contributed by atoms with E-state index in [1.54, 1.807) is 0 Å². The summed E-state index contributed by atoms with van der Waals surface area (Å²) < 4.78 is 4.97. The monoisotopic (exact) mass is 681 g/mol. The fourth-order valence-electron chi connectivity index (χ4n) is 9.51. The summed E-state index contributed by atoms with van der Waals surface area (Å²) in [6.07, 6.45) is 17.7. The molecule has 0 fully saturated rings. The van der Waals surface area contributed by atoms with E-state index in [1.165, 1.54) is 99.9 Å². The van der Waals surface area contributed by atoms with Crippen molar-refractivity contribution in [3.63, 3.8) is 0 Å². The van der Waals surface area contributed by atoms with Gasteiger partial charge in [0.25, 0.3) is 0 Å². The molecule has 0 unspecified atom stereocenters. The number of allylic oxidation sites excluding steroid dienone is 5. The molecule has 3 aliphatic rings. The molecule has 11 rings (SSSR count). The quantitative estimate of drug-likeness (QED) is 0.181. The minimum absolute atomic E-state index is 0.129. The third-order valence-electron chi connectivity index (χ3n) is 12.2. The van der Waals surface area contributed by atoms with Crippen LogP contribution in [0.5, 0.6) is 0 Å². The highest BCUT2D eigenvalue weighted by Gasteiger charge is 2.35. The molecule has 3 heteroatoms. The van der Waals surface area contributed by atoms with Crippen molar-refractivity contribution in [3.8, 4) is 33.6 Å². The molecule has 0 saturated heterocycles. The van der Waals surface area contributed by atoms with Crippen molar-refractivity contribution in [1.82, 2.24) is 14.1 Å². The number of aryl methyl sites for hydroxylation is 1. The van der Waals surface area contributed by atoms with Crippen molar-refractivity contribution in [3.05, 3.63) is 179 Å². The number of hydrogen-bond acceptors (Lipinski definition) is 1. The number of pyridine rings is 1.